The molecule has 0 aliphatic carbocycles. The van der Waals surface area contributed by atoms with Gasteiger partial charge in [0.1, 0.15) is 5.52 Å². The molecule has 0 aliphatic heterocycles. The maximum Gasteiger partial charge on any atom is 0.234 e. The number of imidazole rings is 1. The summed E-state index contributed by atoms with van der Waals surface area (Å²) in [6, 6.07) is 13.0. The minimum Gasteiger partial charge on any atom is -0.293 e. The van der Waals surface area contributed by atoms with E-state index in [9.17, 15) is 8.42 Å². The Labute approximate surface area is 141 Å². The Hall–Kier alpha value is -2.25. The number of aromatic nitrogens is 3. The molecule has 0 spiro atoms. The number of pyridine rings is 1. The van der Waals surface area contributed by atoms with Crippen LogP contribution in [0.25, 0.3) is 11.2 Å². The minimum absolute atomic E-state index is 0.242. The van der Waals surface area contributed by atoms with Crippen LogP contribution in [0.5, 0.6) is 0 Å². The van der Waals surface area contributed by atoms with E-state index in [4.69, 9.17) is 5.14 Å². The summed E-state index contributed by atoms with van der Waals surface area (Å²) in [7, 11) is -3.96. The quantitative estimate of drug-likeness (QED) is 0.768. The molecule has 1 aromatic carbocycles. The summed E-state index contributed by atoms with van der Waals surface area (Å²) < 4.78 is 27.1. The molecule has 1 unspecified atom stereocenters. The third kappa shape index (κ3) is 2.59. The van der Waals surface area contributed by atoms with Crippen LogP contribution in [0.4, 0.5) is 0 Å². The van der Waals surface area contributed by atoms with Gasteiger partial charge in [-0.2, -0.15) is 0 Å². The Morgan fingerprint density at radius 1 is 1.12 bits per heavy atom. The van der Waals surface area contributed by atoms with Gasteiger partial charge in [-0.3, -0.25) is 4.57 Å². The van der Waals surface area contributed by atoms with E-state index < -0.39 is 14.9 Å². The average Bonchev–Trinajstić information content (AvgIpc) is 2.96. The molecular formula is C17H20N4O2S. The van der Waals surface area contributed by atoms with E-state index in [2.05, 4.69) is 9.97 Å². The number of primary sulfonamides is 1. The standard InChI is InChI=1S/C17H20N4O2S/c1-13(2)17(24(18,22)23,11-14-7-4-3-5-8-14)21-12-20-15-9-6-10-19-16(15)21/h3-10,12-13H,11H2,1-2H3,(H2,18,22,23). The van der Waals surface area contributed by atoms with Gasteiger partial charge in [0.2, 0.25) is 10.0 Å². The minimum atomic E-state index is -3.96. The number of fused-ring (bicyclic) bond motifs is 1. The molecule has 2 aromatic heterocycles. The first-order valence-corrected chi connectivity index (χ1v) is 9.26. The van der Waals surface area contributed by atoms with E-state index in [0.717, 1.165) is 5.56 Å². The molecule has 0 saturated carbocycles. The fourth-order valence-corrected chi connectivity index (χ4v) is 4.58. The maximum atomic E-state index is 12.7. The van der Waals surface area contributed by atoms with Gasteiger partial charge in [-0.15, -0.1) is 0 Å². The van der Waals surface area contributed by atoms with Crippen LogP contribution in [0.15, 0.2) is 55.0 Å². The van der Waals surface area contributed by atoms with E-state index in [1.54, 1.807) is 22.9 Å². The lowest BCUT2D eigenvalue weighted by atomic mass is 9.95. The molecule has 1 atom stereocenters. The van der Waals surface area contributed by atoms with E-state index in [0.29, 0.717) is 11.2 Å². The van der Waals surface area contributed by atoms with Crippen molar-refractivity contribution >= 4 is 21.2 Å². The highest BCUT2D eigenvalue weighted by atomic mass is 32.2. The van der Waals surface area contributed by atoms with Crippen molar-refractivity contribution < 1.29 is 8.42 Å². The summed E-state index contributed by atoms with van der Waals surface area (Å²) in [4.78, 5) is 7.26. The Bertz CT molecular complexity index is 951. The zero-order valence-corrected chi connectivity index (χ0v) is 14.4. The van der Waals surface area contributed by atoms with Crippen LogP contribution in [0, 0.1) is 5.92 Å². The first-order chi connectivity index (χ1) is 11.4. The van der Waals surface area contributed by atoms with E-state index in [-0.39, 0.29) is 12.3 Å². The second-order valence-electron chi connectivity index (χ2n) is 6.17. The summed E-state index contributed by atoms with van der Waals surface area (Å²) in [6.07, 6.45) is 3.38. The van der Waals surface area contributed by atoms with Gasteiger partial charge in [-0.25, -0.2) is 23.5 Å². The third-order valence-corrected chi connectivity index (χ3v) is 6.21. The average molecular weight is 344 g/mol. The van der Waals surface area contributed by atoms with Gasteiger partial charge in [0.05, 0.1) is 6.33 Å². The molecule has 0 fully saturated rings. The van der Waals surface area contributed by atoms with E-state index in [1.807, 2.05) is 44.2 Å². The first-order valence-electron chi connectivity index (χ1n) is 7.71. The van der Waals surface area contributed by atoms with Gasteiger partial charge in [0.25, 0.3) is 0 Å². The zero-order chi connectivity index (χ0) is 17.4. The summed E-state index contributed by atoms with van der Waals surface area (Å²) in [5.74, 6) is -0.285. The zero-order valence-electron chi connectivity index (χ0n) is 13.6. The van der Waals surface area contributed by atoms with Crippen molar-refractivity contribution in [3.8, 4) is 0 Å². The molecule has 0 bridgehead atoms. The van der Waals surface area contributed by atoms with Crippen molar-refractivity contribution in [3.05, 3.63) is 60.6 Å². The second kappa shape index (κ2) is 5.99. The van der Waals surface area contributed by atoms with Crippen LogP contribution in [0.2, 0.25) is 0 Å². The van der Waals surface area contributed by atoms with Crippen LogP contribution in [0.1, 0.15) is 19.4 Å². The SMILES string of the molecule is CC(C)C(Cc1ccccc1)(n1cnc2cccnc21)S(N)(=O)=O. The Balaban J connectivity index is 2.29. The van der Waals surface area contributed by atoms with Crippen molar-refractivity contribution in [1.29, 1.82) is 0 Å². The van der Waals surface area contributed by atoms with Crippen LogP contribution in [0.3, 0.4) is 0 Å². The second-order valence-corrected chi connectivity index (χ2v) is 7.96. The number of nitrogens with two attached hydrogens (primary N) is 1. The number of benzene rings is 1. The lowest BCUT2D eigenvalue weighted by Crippen LogP contribution is -2.51. The van der Waals surface area contributed by atoms with Gasteiger partial charge in [0, 0.05) is 12.6 Å². The highest BCUT2D eigenvalue weighted by Gasteiger charge is 2.47. The summed E-state index contributed by atoms with van der Waals surface area (Å²) in [5.41, 5.74) is 2.04. The molecule has 3 aromatic rings. The smallest absolute Gasteiger partial charge is 0.234 e. The van der Waals surface area contributed by atoms with Crippen LogP contribution >= 0.6 is 0 Å². The molecule has 0 saturated heterocycles. The highest BCUT2D eigenvalue weighted by Crippen LogP contribution is 2.36. The fraction of sp³-hybridized carbons (Fsp3) is 0.294. The Kier molecular flexibility index (Phi) is 4.15. The normalized spacial score (nSPS) is 14.8. The van der Waals surface area contributed by atoms with Crippen LogP contribution in [-0.2, 0) is 21.3 Å². The number of nitrogens with zero attached hydrogens (tertiary/aromatic N) is 3. The fourth-order valence-electron chi connectivity index (χ4n) is 3.15. The molecule has 24 heavy (non-hydrogen) atoms. The largest absolute Gasteiger partial charge is 0.293 e. The Morgan fingerprint density at radius 3 is 2.46 bits per heavy atom. The van der Waals surface area contributed by atoms with Crippen LogP contribution in [-0.4, -0.2) is 23.0 Å². The van der Waals surface area contributed by atoms with E-state index >= 15 is 0 Å². The lowest BCUT2D eigenvalue weighted by Gasteiger charge is -2.37. The third-order valence-electron chi connectivity index (χ3n) is 4.41. The molecule has 2 N–H and O–H groups in total. The van der Waals surface area contributed by atoms with Crippen molar-refractivity contribution in [2.75, 3.05) is 0 Å². The summed E-state index contributed by atoms with van der Waals surface area (Å²) in [5, 5.41) is 5.74. The molecular weight excluding hydrogens is 324 g/mol. The molecule has 3 rings (SSSR count). The number of sulfonamides is 1. The first kappa shape index (κ1) is 16.6. The van der Waals surface area contributed by atoms with Gasteiger partial charge in [0.15, 0.2) is 10.5 Å². The lowest BCUT2D eigenvalue weighted by molar-refractivity contribution is 0.303. The predicted molar refractivity (Wildman–Crippen MR) is 93.6 cm³/mol. The van der Waals surface area contributed by atoms with Gasteiger partial charge < -0.3 is 0 Å². The van der Waals surface area contributed by atoms with Gasteiger partial charge in [-0.05, 0) is 23.6 Å². The molecule has 7 heteroatoms. The Morgan fingerprint density at radius 2 is 1.83 bits per heavy atom. The summed E-state index contributed by atoms with van der Waals surface area (Å²) >= 11 is 0. The molecule has 6 nitrogen and oxygen atoms in total. The van der Waals surface area contributed by atoms with Crippen molar-refractivity contribution in [1.82, 2.24) is 14.5 Å². The monoisotopic (exact) mass is 344 g/mol. The van der Waals surface area contributed by atoms with Gasteiger partial charge in [-0.1, -0.05) is 44.2 Å². The van der Waals surface area contributed by atoms with Crippen molar-refractivity contribution in [2.24, 2.45) is 11.1 Å². The molecule has 2 heterocycles. The molecule has 0 radical (unpaired) electrons. The number of hydrogen-bond donors (Lipinski definition) is 1. The van der Waals surface area contributed by atoms with Gasteiger partial charge >= 0.3 is 0 Å². The topological polar surface area (TPSA) is 90.9 Å². The number of rotatable bonds is 5. The van der Waals surface area contributed by atoms with Crippen LogP contribution < -0.4 is 5.14 Å². The molecule has 126 valence electrons. The summed E-state index contributed by atoms with van der Waals surface area (Å²) in [6.45, 7) is 3.70. The molecule has 0 aliphatic rings. The molecule has 0 amide bonds. The number of hydrogen-bond acceptors (Lipinski definition) is 4. The van der Waals surface area contributed by atoms with Crippen molar-refractivity contribution in [3.63, 3.8) is 0 Å². The van der Waals surface area contributed by atoms with E-state index in [1.165, 1.54) is 6.33 Å². The predicted octanol–water partition coefficient (Wildman–Crippen LogP) is 2.27. The van der Waals surface area contributed by atoms with Crippen molar-refractivity contribution in [2.45, 2.75) is 25.1 Å². The highest BCUT2D eigenvalue weighted by molar-refractivity contribution is 7.89. The maximum absolute atomic E-state index is 12.7.